The van der Waals surface area contributed by atoms with Crippen molar-refractivity contribution in [3.05, 3.63) is 12.2 Å². The third-order valence-electron chi connectivity index (χ3n) is 6.05. The maximum absolute atomic E-state index is 11.7. The van der Waals surface area contributed by atoms with E-state index >= 15 is 0 Å². The number of aliphatic hydroxyl groups is 1. The lowest BCUT2D eigenvalue weighted by molar-refractivity contribution is -0.150. The number of esters is 3. The third-order valence-corrected chi connectivity index (χ3v) is 6.05. The van der Waals surface area contributed by atoms with Gasteiger partial charge in [-0.05, 0) is 32.6 Å². The van der Waals surface area contributed by atoms with Crippen molar-refractivity contribution in [2.24, 2.45) is 17.8 Å². The zero-order valence-electron chi connectivity index (χ0n) is 20.5. The molecule has 0 aromatic rings. The molecule has 1 fully saturated rings. The zero-order chi connectivity index (χ0) is 24.6. The van der Waals surface area contributed by atoms with Gasteiger partial charge in [0.05, 0.1) is 19.6 Å². The molecule has 1 aliphatic rings. The Morgan fingerprint density at radius 2 is 1.76 bits per heavy atom. The van der Waals surface area contributed by atoms with Crippen LogP contribution < -0.4 is 0 Å². The maximum atomic E-state index is 11.7. The summed E-state index contributed by atoms with van der Waals surface area (Å²) in [6, 6.07) is 0. The number of hydrogen-bond donors (Lipinski definition) is 1. The lowest BCUT2D eigenvalue weighted by Gasteiger charge is -2.24. The maximum Gasteiger partial charge on any atom is 0.310 e. The van der Waals surface area contributed by atoms with Gasteiger partial charge in [0.15, 0.2) is 0 Å². The van der Waals surface area contributed by atoms with Crippen molar-refractivity contribution in [2.75, 3.05) is 13.7 Å². The van der Waals surface area contributed by atoms with Gasteiger partial charge in [-0.15, -0.1) is 11.8 Å². The molecule has 1 rings (SSSR count). The number of unbranched alkanes of at least 4 members (excludes halogenated alkanes) is 4. The van der Waals surface area contributed by atoms with E-state index in [-0.39, 0.29) is 48.6 Å². The first kappa shape index (κ1) is 28.7. The highest BCUT2D eigenvalue weighted by molar-refractivity contribution is 5.72. The fourth-order valence-corrected chi connectivity index (χ4v) is 4.50. The van der Waals surface area contributed by atoms with Crippen LogP contribution in [0.25, 0.3) is 0 Å². The molecule has 0 spiro atoms. The fraction of sp³-hybridized carbons (Fsp3) is 0.731. The minimum absolute atomic E-state index is 0.0178. The Hall–Kier alpha value is -2.33. The molecule has 1 saturated carbocycles. The largest absolute Gasteiger partial charge is 0.469 e. The fourth-order valence-electron chi connectivity index (χ4n) is 4.50. The van der Waals surface area contributed by atoms with Crippen LogP contribution >= 0.6 is 0 Å². The van der Waals surface area contributed by atoms with E-state index in [0.29, 0.717) is 12.8 Å². The van der Waals surface area contributed by atoms with Crippen LogP contribution in [0.5, 0.6) is 0 Å². The lowest BCUT2D eigenvalue weighted by Crippen LogP contribution is -2.25. The number of ether oxygens (including phenoxy) is 3. The molecule has 0 bridgehead atoms. The Bertz CT molecular complexity index is 703. The molecule has 1 N–H and O–H groups in total. The van der Waals surface area contributed by atoms with E-state index in [1.165, 1.54) is 21.0 Å². The summed E-state index contributed by atoms with van der Waals surface area (Å²) in [5, 5.41) is 9.36. The first-order valence-corrected chi connectivity index (χ1v) is 11.9. The topological polar surface area (TPSA) is 99.1 Å². The summed E-state index contributed by atoms with van der Waals surface area (Å²) in [6.07, 6.45) is 10.7. The highest BCUT2D eigenvalue weighted by atomic mass is 16.6. The minimum Gasteiger partial charge on any atom is -0.469 e. The van der Waals surface area contributed by atoms with Gasteiger partial charge in [0.1, 0.15) is 12.2 Å². The van der Waals surface area contributed by atoms with Gasteiger partial charge in [-0.2, -0.15) is 0 Å². The zero-order valence-corrected chi connectivity index (χ0v) is 20.5. The molecule has 7 heteroatoms. The predicted octanol–water partition coefficient (Wildman–Crippen LogP) is 3.97. The summed E-state index contributed by atoms with van der Waals surface area (Å²) >= 11 is 0. The molecule has 5 atom stereocenters. The van der Waals surface area contributed by atoms with Gasteiger partial charge in [0.25, 0.3) is 0 Å². The molecule has 33 heavy (non-hydrogen) atoms. The Labute approximate surface area is 198 Å². The van der Waals surface area contributed by atoms with Gasteiger partial charge in [0.2, 0.25) is 0 Å². The quantitative estimate of drug-likeness (QED) is 0.137. The lowest BCUT2D eigenvalue weighted by atomic mass is 9.87. The number of hydrogen-bond acceptors (Lipinski definition) is 7. The van der Waals surface area contributed by atoms with E-state index in [4.69, 9.17) is 14.2 Å². The summed E-state index contributed by atoms with van der Waals surface area (Å²) in [6.45, 7) is 4.41. The van der Waals surface area contributed by atoms with Crippen molar-refractivity contribution in [3.63, 3.8) is 0 Å². The SMILES string of the molecule is CC#CCCCC=C[C@@H]1[C@@H](CCCCCC(CO)C(=O)OC)[C@@H](OC(C)=O)C[C@H]1OC(C)=O. The second-order valence-corrected chi connectivity index (χ2v) is 8.56. The summed E-state index contributed by atoms with van der Waals surface area (Å²) in [5.74, 6) is 4.44. The number of carbonyl (C=O) groups is 3. The summed E-state index contributed by atoms with van der Waals surface area (Å²) in [4.78, 5) is 35.0. The van der Waals surface area contributed by atoms with Crippen LogP contribution in [-0.2, 0) is 28.6 Å². The molecule has 1 aliphatic carbocycles. The van der Waals surface area contributed by atoms with Crippen molar-refractivity contribution in [3.8, 4) is 11.8 Å². The van der Waals surface area contributed by atoms with Gasteiger partial charge in [0, 0.05) is 38.5 Å². The molecule has 0 radical (unpaired) electrons. The van der Waals surface area contributed by atoms with Crippen molar-refractivity contribution < 1.29 is 33.7 Å². The number of aliphatic hydroxyl groups excluding tert-OH is 1. The van der Waals surface area contributed by atoms with Crippen LogP contribution in [0.15, 0.2) is 12.2 Å². The van der Waals surface area contributed by atoms with Gasteiger partial charge >= 0.3 is 17.9 Å². The molecule has 0 aromatic heterocycles. The van der Waals surface area contributed by atoms with Crippen LogP contribution in [-0.4, -0.2) is 48.9 Å². The average Bonchev–Trinajstić information content (AvgIpc) is 3.07. The Morgan fingerprint density at radius 3 is 2.36 bits per heavy atom. The van der Waals surface area contributed by atoms with Crippen LogP contribution in [0.1, 0.15) is 78.6 Å². The van der Waals surface area contributed by atoms with Crippen molar-refractivity contribution in [1.29, 1.82) is 0 Å². The Morgan fingerprint density at radius 1 is 1.06 bits per heavy atom. The van der Waals surface area contributed by atoms with E-state index in [9.17, 15) is 19.5 Å². The molecule has 0 aliphatic heterocycles. The van der Waals surface area contributed by atoms with Crippen molar-refractivity contribution >= 4 is 17.9 Å². The van der Waals surface area contributed by atoms with Gasteiger partial charge in [-0.3, -0.25) is 14.4 Å². The number of allylic oxidation sites excluding steroid dienone is 1. The van der Waals surface area contributed by atoms with Gasteiger partial charge in [-0.25, -0.2) is 0 Å². The van der Waals surface area contributed by atoms with E-state index in [1.807, 2.05) is 6.92 Å². The molecule has 0 saturated heterocycles. The Balaban J connectivity index is 2.77. The third kappa shape index (κ3) is 10.9. The predicted molar refractivity (Wildman–Crippen MR) is 125 cm³/mol. The first-order chi connectivity index (χ1) is 15.8. The van der Waals surface area contributed by atoms with Crippen molar-refractivity contribution in [1.82, 2.24) is 0 Å². The molecular formula is C26H40O7. The first-order valence-electron chi connectivity index (χ1n) is 11.9. The summed E-state index contributed by atoms with van der Waals surface area (Å²) in [7, 11) is 1.32. The van der Waals surface area contributed by atoms with E-state index in [0.717, 1.165) is 44.9 Å². The molecule has 7 nitrogen and oxygen atoms in total. The molecule has 1 unspecified atom stereocenters. The van der Waals surface area contributed by atoms with E-state index < -0.39 is 5.92 Å². The second kappa shape index (κ2) is 16.3. The smallest absolute Gasteiger partial charge is 0.310 e. The normalized spacial score (nSPS) is 22.9. The monoisotopic (exact) mass is 464 g/mol. The summed E-state index contributed by atoms with van der Waals surface area (Å²) in [5.41, 5.74) is 0. The van der Waals surface area contributed by atoms with E-state index in [1.54, 1.807) is 0 Å². The number of rotatable bonds is 14. The number of carbonyl (C=O) groups excluding carboxylic acids is 3. The van der Waals surface area contributed by atoms with Gasteiger partial charge in [-0.1, -0.05) is 31.4 Å². The highest BCUT2D eigenvalue weighted by Gasteiger charge is 2.45. The standard InChI is InChI=1S/C26H40O7/c1-5-6-7-8-9-12-15-22-23(16-13-10-11-14-21(18-27)26(30)31-4)25(33-20(3)29)17-24(22)32-19(2)28/h12,15,21-25,27H,7-11,13-14,16-18H2,1-4H3/t21?,22-,23-,24-,25+/m1/s1. The molecule has 0 aromatic carbocycles. The van der Waals surface area contributed by atoms with Gasteiger partial charge < -0.3 is 19.3 Å². The molecule has 0 heterocycles. The molecule has 186 valence electrons. The molecular weight excluding hydrogens is 424 g/mol. The van der Waals surface area contributed by atoms with Crippen molar-refractivity contribution in [2.45, 2.75) is 90.8 Å². The van der Waals surface area contributed by atoms with Crippen LogP contribution in [0.2, 0.25) is 0 Å². The van der Waals surface area contributed by atoms with Crippen LogP contribution in [0.3, 0.4) is 0 Å². The Kier molecular flexibility index (Phi) is 14.2. The van der Waals surface area contributed by atoms with Crippen LogP contribution in [0, 0.1) is 29.6 Å². The minimum atomic E-state index is -0.489. The molecule has 0 amide bonds. The van der Waals surface area contributed by atoms with Crippen LogP contribution in [0.4, 0.5) is 0 Å². The van der Waals surface area contributed by atoms with E-state index in [2.05, 4.69) is 24.0 Å². The highest BCUT2D eigenvalue weighted by Crippen LogP contribution is 2.41. The summed E-state index contributed by atoms with van der Waals surface area (Å²) < 4.78 is 15.9. The second-order valence-electron chi connectivity index (χ2n) is 8.56. The average molecular weight is 465 g/mol. The number of methoxy groups -OCH3 is 1.